The van der Waals surface area contributed by atoms with Crippen LogP contribution in [0.25, 0.3) is 10.8 Å². The number of anilines is 2. The lowest BCUT2D eigenvalue weighted by molar-refractivity contribution is 0.0989. The number of rotatable bonds is 2. The molecule has 0 atom stereocenters. The Labute approximate surface area is 334 Å². The van der Waals surface area contributed by atoms with E-state index in [0.717, 1.165) is 43.5 Å². The fourth-order valence-corrected chi connectivity index (χ4v) is 9.78. The van der Waals surface area contributed by atoms with Crippen molar-refractivity contribution in [1.82, 2.24) is 0 Å². The summed E-state index contributed by atoms with van der Waals surface area (Å²) in [5, 5.41) is 2.24. The third-order valence-corrected chi connectivity index (χ3v) is 13.3. The monoisotopic (exact) mass is 785 g/mol. The van der Waals surface area contributed by atoms with Crippen LogP contribution in [0.1, 0.15) is 137 Å². The Kier molecular flexibility index (Phi) is 9.38. The number of fused-ring (bicyclic) bond motifs is 5. The van der Waals surface area contributed by atoms with E-state index in [1.165, 1.54) is 38.7 Å². The molecule has 0 amide bonds. The second-order valence-electron chi connectivity index (χ2n) is 18.1. The van der Waals surface area contributed by atoms with Crippen molar-refractivity contribution >= 4 is 80.1 Å². The molecule has 4 aromatic carbocycles. The molecule has 0 saturated heterocycles. The van der Waals surface area contributed by atoms with Crippen LogP contribution in [0.4, 0.5) is 11.4 Å². The minimum Gasteiger partial charge on any atom is -0.312 e. The van der Waals surface area contributed by atoms with Gasteiger partial charge in [0.15, 0.2) is 11.6 Å². The fourth-order valence-electron chi connectivity index (χ4n) is 8.75. The van der Waals surface area contributed by atoms with Crippen LogP contribution in [0.2, 0.25) is 20.1 Å². The van der Waals surface area contributed by atoms with Crippen LogP contribution in [0.3, 0.4) is 0 Å². The van der Waals surface area contributed by atoms with Gasteiger partial charge in [-0.2, -0.15) is 0 Å². The number of hydrogen-bond acceptors (Lipinski definition) is 3. The van der Waals surface area contributed by atoms with E-state index in [-0.39, 0.29) is 58.5 Å². The first-order valence-electron chi connectivity index (χ1n) is 18.6. The Morgan fingerprint density at radius 3 is 1.68 bits per heavy atom. The lowest BCUT2D eigenvalue weighted by atomic mass is 9.67. The van der Waals surface area contributed by atoms with Crippen molar-refractivity contribution in [2.24, 2.45) is 0 Å². The van der Waals surface area contributed by atoms with Gasteiger partial charge in [0.2, 0.25) is 0 Å². The second-order valence-corrected chi connectivity index (χ2v) is 19.6. The molecule has 7 rings (SSSR count). The minimum atomic E-state index is -0.502. The number of Topliss-reactive ketones (excluding diaryl/α,β-unsaturated/α-hetero) is 2. The van der Waals surface area contributed by atoms with E-state index in [2.05, 4.69) is 116 Å². The molecular weight excluding hydrogens is 740 g/mol. The number of ketones is 2. The molecule has 3 aliphatic rings. The average molecular weight is 788 g/mol. The zero-order valence-corrected chi connectivity index (χ0v) is 35.1. The molecule has 1 spiro atoms. The number of halogens is 4. The fraction of sp³-hybridized carbons (Fsp3) is 0.391. The van der Waals surface area contributed by atoms with Crippen LogP contribution >= 0.6 is 46.4 Å². The van der Waals surface area contributed by atoms with Crippen molar-refractivity contribution in [3.05, 3.63) is 125 Å². The Morgan fingerprint density at radius 2 is 1.17 bits per heavy atom. The van der Waals surface area contributed by atoms with Crippen LogP contribution in [-0.2, 0) is 21.7 Å². The first-order chi connectivity index (χ1) is 24.7. The van der Waals surface area contributed by atoms with E-state index in [1.807, 2.05) is 6.08 Å². The molecule has 1 aliphatic heterocycles. The van der Waals surface area contributed by atoms with E-state index in [4.69, 9.17) is 46.4 Å². The lowest BCUT2D eigenvalue weighted by Gasteiger charge is -2.41. The molecular formula is C46H47Cl4NO2. The van der Waals surface area contributed by atoms with Crippen molar-refractivity contribution in [1.29, 1.82) is 0 Å². The predicted molar refractivity (Wildman–Crippen MR) is 225 cm³/mol. The van der Waals surface area contributed by atoms with Crippen LogP contribution in [0.15, 0.2) is 72.0 Å². The largest absolute Gasteiger partial charge is 0.312 e. The SMILES string of the molecule is CC(C)(C)c1cc(C(C)(C)C)c(N2/C(=C\C=C3C(=O)c4c(Cl)c(Cl)c(Cl)c(Cl)c4C3=O)C3(CCCCC3)c3c2ccc2ccccc32)c(C(C)(C)C)c1. The van der Waals surface area contributed by atoms with Gasteiger partial charge in [-0.05, 0) is 80.3 Å². The highest BCUT2D eigenvalue weighted by molar-refractivity contribution is 6.57. The number of benzene rings is 4. The number of carbonyl (C=O) groups is 2. The Hall–Kier alpha value is -3.08. The molecule has 1 fully saturated rings. The van der Waals surface area contributed by atoms with E-state index >= 15 is 0 Å². The Balaban J connectivity index is 1.60. The lowest BCUT2D eigenvalue weighted by Crippen LogP contribution is -2.34. The summed E-state index contributed by atoms with van der Waals surface area (Å²) in [4.78, 5) is 30.7. The zero-order valence-electron chi connectivity index (χ0n) is 32.1. The summed E-state index contributed by atoms with van der Waals surface area (Å²) in [7, 11) is 0. The summed E-state index contributed by atoms with van der Waals surface area (Å²) >= 11 is 25.9. The highest BCUT2D eigenvalue weighted by Gasteiger charge is 2.51. The smallest absolute Gasteiger partial charge is 0.199 e. The number of hydrogen-bond donors (Lipinski definition) is 0. The summed E-state index contributed by atoms with van der Waals surface area (Å²) in [5.74, 6) is -1.00. The van der Waals surface area contributed by atoms with E-state index in [9.17, 15) is 9.59 Å². The van der Waals surface area contributed by atoms with Crippen LogP contribution in [-0.4, -0.2) is 11.6 Å². The predicted octanol–water partition coefficient (Wildman–Crippen LogP) is 14.6. The van der Waals surface area contributed by atoms with E-state index in [1.54, 1.807) is 6.08 Å². The van der Waals surface area contributed by atoms with Crippen molar-refractivity contribution < 1.29 is 9.59 Å². The van der Waals surface area contributed by atoms with Crippen LogP contribution < -0.4 is 4.90 Å². The Bertz CT molecular complexity index is 2220. The molecule has 0 aromatic heterocycles. The van der Waals surface area contributed by atoms with Gasteiger partial charge in [0.1, 0.15) is 0 Å². The first kappa shape index (κ1) is 38.2. The average Bonchev–Trinajstić information content (AvgIpc) is 3.50. The molecule has 276 valence electrons. The topological polar surface area (TPSA) is 37.4 Å². The van der Waals surface area contributed by atoms with Gasteiger partial charge in [0.05, 0.1) is 48.2 Å². The van der Waals surface area contributed by atoms with Gasteiger partial charge in [-0.1, -0.05) is 170 Å². The Morgan fingerprint density at radius 1 is 0.642 bits per heavy atom. The molecule has 3 nitrogen and oxygen atoms in total. The van der Waals surface area contributed by atoms with Gasteiger partial charge >= 0.3 is 0 Å². The van der Waals surface area contributed by atoms with Crippen LogP contribution in [0.5, 0.6) is 0 Å². The zero-order chi connectivity index (χ0) is 38.6. The second kappa shape index (κ2) is 13.0. The van der Waals surface area contributed by atoms with Gasteiger partial charge in [0.25, 0.3) is 0 Å². The maximum absolute atomic E-state index is 14.1. The molecule has 2 aliphatic carbocycles. The number of carbonyl (C=O) groups excluding carboxylic acids is 2. The molecule has 53 heavy (non-hydrogen) atoms. The van der Waals surface area contributed by atoms with Gasteiger partial charge in [0, 0.05) is 11.1 Å². The molecule has 0 bridgehead atoms. The molecule has 1 saturated carbocycles. The number of nitrogens with zero attached hydrogens (tertiary/aromatic N) is 1. The van der Waals surface area contributed by atoms with Gasteiger partial charge in [-0.15, -0.1) is 0 Å². The highest BCUT2D eigenvalue weighted by Crippen LogP contribution is 2.62. The normalized spacial score (nSPS) is 18.1. The first-order valence-corrected chi connectivity index (χ1v) is 20.1. The van der Waals surface area contributed by atoms with E-state index in [0.29, 0.717) is 0 Å². The molecule has 4 aromatic rings. The summed E-state index contributed by atoms with van der Waals surface area (Å²) in [5.41, 5.74) is 7.64. The van der Waals surface area contributed by atoms with Gasteiger partial charge in [-0.3, -0.25) is 9.59 Å². The van der Waals surface area contributed by atoms with Crippen molar-refractivity contribution in [3.63, 3.8) is 0 Å². The van der Waals surface area contributed by atoms with Crippen molar-refractivity contribution in [2.45, 2.75) is 116 Å². The number of allylic oxidation sites excluding steroid dienone is 4. The third-order valence-electron chi connectivity index (χ3n) is 11.5. The highest BCUT2D eigenvalue weighted by atomic mass is 35.5. The van der Waals surface area contributed by atoms with Crippen molar-refractivity contribution in [3.8, 4) is 0 Å². The van der Waals surface area contributed by atoms with Gasteiger partial charge in [-0.25, -0.2) is 0 Å². The van der Waals surface area contributed by atoms with Crippen molar-refractivity contribution in [2.75, 3.05) is 4.90 Å². The molecule has 0 N–H and O–H groups in total. The quantitative estimate of drug-likeness (QED) is 0.0879. The van der Waals surface area contributed by atoms with Gasteiger partial charge < -0.3 is 4.90 Å². The van der Waals surface area contributed by atoms with Crippen LogP contribution in [0, 0.1) is 0 Å². The summed E-state index contributed by atoms with van der Waals surface area (Å²) in [6, 6.07) is 18.0. The maximum atomic E-state index is 14.1. The summed E-state index contributed by atoms with van der Waals surface area (Å²) < 4.78 is 0. The molecule has 7 heteroatoms. The molecule has 0 unspecified atom stereocenters. The summed E-state index contributed by atoms with van der Waals surface area (Å²) in [6.45, 7) is 20.6. The minimum absolute atomic E-state index is 0.00322. The molecule has 0 radical (unpaired) electrons. The van der Waals surface area contributed by atoms with E-state index < -0.39 is 11.6 Å². The standard InChI is InChI=1S/C46H47Cl4NO2/c1-43(2,3)26-23-29(44(4,5)6)40(30(24-26)45(7,8)9)51-31-19-17-25-15-11-12-16-27(25)35(31)46(21-13-10-14-22-46)32(51)20-18-28-41(52)33-34(42(28)53)37(48)39(50)38(49)36(33)47/h11-12,15-20,23-24H,10,13-14,21-22H2,1-9H3/b32-20-. The third kappa shape index (κ3) is 6.00. The molecule has 1 heterocycles. The summed E-state index contributed by atoms with van der Waals surface area (Å²) in [6.07, 6.45) is 8.91. The maximum Gasteiger partial charge on any atom is 0.199 e.